The zero-order valence-electron chi connectivity index (χ0n) is 20.1. The van der Waals surface area contributed by atoms with E-state index < -0.39 is 15.7 Å². The molecule has 1 aliphatic heterocycles. The highest BCUT2D eigenvalue weighted by atomic mass is 32.2. The maximum absolute atomic E-state index is 15.0. The van der Waals surface area contributed by atoms with Crippen molar-refractivity contribution in [2.24, 2.45) is 0 Å². The first-order chi connectivity index (χ1) is 17.0. The second-order valence-electron chi connectivity index (χ2n) is 8.63. The number of piperidine rings is 1. The summed E-state index contributed by atoms with van der Waals surface area (Å²) in [5, 5.41) is 3.63. The number of pyridine rings is 1. The Hall–Kier alpha value is -3.68. The van der Waals surface area contributed by atoms with Crippen molar-refractivity contribution in [3.63, 3.8) is 0 Å². The van der Waals surface area contributed by atoms with E-state index in [9.17, 15) is 13.2 Å². The number of hydrogen-bond donors (Lipinski definition) is 0. The van der Waals surface area contributed by atoms with Gasteiger partial charge in [0.2, 0.25) is 11.7 Å². The largest absolute Gasteiger partial charge is 0.472 e. The predicted molar refractivity (Wildman–Crippen MR) is 122 cm³/mol. The van der Waals surface area contributed by atoms with Crippen molar-refractivity contribution in [1.82, 2.24) is 30.0 Å². The summed E-state index contributed by atoms with van der Waals surface area (Å²) in [4.78, 5) is 30.0. The lowest BCUT2D eigenvalue weighted by Crippen LogP contribution is -2.42. The van der Waals surface area contributed by atoms with E-state index in [2.05, 4.69) is 25.1 Å². The lowest BCUT2D eigenvalue weighted by atomic mass is 10.1. The van der Waals surface area contributed by atoms with Crippen molar-refractivity contribution in [2.75, 3.05) is 19.3 Å². The lowest BCUT2D eigenvalue weighted by molar-refractivity contribution is 0.0564. The third kappa shape index (κ3) is 5.58. The number of likely N-dealkylation sites (tertiary alicyclic amines) is 1. The molecule has 1 saturated heterocycles. The molecular weight excluding hydrogens is 495 g/mol. The third-order valence-electron chi connectivity index (χ3n) is 5.46. The average molecular weight is 521 g/mol. The molecule has 36 heavy (non-hydrogen) atoms. The number of carbonyl (C=O) groups is 1. The van der Waals surface area contributed by atoms with Crippen LogP contribution in [-0.4, -0.2) is 69.8 Å². The fourth-order valence-electron chi connectivity index (χ4n) is 3.47. The molecule has 3 aromatic heterocycles. The van der Waals surface area contributed by atoms with E-state index in [1.165, 1.54) is 19.1 Å². The van der Waals surface area contributed by atoms with E-state index in [4.69, 9.17) is 14.0 Å². The van der Waals surface area contributed by atoms with Gasteiger partial charge in [0, 0.05) is 38.1 Å². The van der Waals surface area contributed by atoms with Crippen LogP contribution in [0.4, 0.5) is 4.39 Å². The predicted octanol–water partition coefficient (Wildman–Crippen LogP) is 2.70. The van der Waals surface area contributed by atoms with Crippen molar-refractivity contribution in [3.8, 4) is 17.5 Å². The molecule has 0 aliphatic carbocycles. The second-order valence-corrected chi connectivity index (χ2v) is 10.6. The third-order valence-corrected chi connectivity index (χ3v) is 6.45. The maximum Gasteiger partial charge on any atom is 0.295 e. The van der Waals surface area contributed by atoms with E-state index in [1.54, 1.807) is 4.90 Å². The van der Waals surface area contributed by atoms with Gasteiger partial charge in [-0.25, -0.2) is 13.4 Å². The Bertz CT molecular complexity index is 1370. The van der Waals surface area contributed by atoms with Crippen LogP contribution in [0.2, 0.25) is 0 Å². The molecule has 1 amide bonds. The molecule has 1 aliphatic rings. The minimum absolute atomic E-state index is 0.0102. The number of hydrogen-bond acceptors (Lipinski definition) is 11. The van der Waals surface area contributed by atoms with Crippen LogP contribution in [-0.2, 0) is 9.84 Å². The minimum atomic E-state index is -3.50. The molecule has 0 N–H and O–H groups in total. The van der Waals surface area contributed by atoms with Gasteiger partial charge >= 0.3 is 0 Å². The van der Waals surface area contributed by atoms with Gasteiger partial charge in [0.1, 0.15) is 12.4 Å². The number of amides is 1. The molecule has 0 bridgehead atoms. The van der Waals surface area contributed by atoms with Gasteiger partial charge in [-0.1, -0.05) is 19.0 Å². The summed E-state index contributed by atoms with van der Waals surface area (Å²) in [5.41, 5.74) is 0.248. The Morgan fingerprint density at radius 2 is 1.86 bits per heavy atom. The molecule has 0 spiro atoms. The topological polar surface area (TPSA) is 150 Å². The highest BCUT2D eigenvalue weighted by Gasteiger charge is 2.29. The molecule has 192 valence electrons. The van der Waals surface area contributed by atoms with Crippen molar-refractivity contribution in [1.29, 1.82) is 0 Å². The van der Waals surface area contributed by atoms with Crippen molar-refractivity contribution >= 4 is 15.7 Å². The summed E-state index contributed by atoms with van der Waals surface area (Å²) in [6, 6.07) is 2.64. The molecule has 0 radical (unpaired) electrons. The molecule has 0 unspecified atom stereocenters. The quantitative estimate of drug-likeness (QED) is 0.452. The Labute approximate surface area is 206 Å². The first-order valence-electron chi connectivity index (χ1n) is 11.2. The van der Waals surface area contributed by atoms with Crippen molar-refractivity contribution < 1.29 is 31.6 Å². The van der Waals surface area contributed by atoms with Crippen LogP contribution in [0.1, 0.15) is 54.8 Å². The van der Waals surface area contributed by atoms with Crippen LogP contribution < -0.4 is 9.47 Å². The van der Waals surface area contributed by atoms with Gasteiger partial charge in [0.05, 0.1) is 5.69 Å². The number of aromatic nitrogens is 5. The highest BCUT2D eigenvalue weighted by Crippen LogP contribution is 2.30. The van der Waals surface area contributed by atoms with E-state index >= 15 is 4.39 Å². The zero-order chi connectivity index (χ0) is 26.0. The molecule has 0 saturated carbocycles. The first-order valence-corrected chi connectivity index (χ1v) is 13.1. The number of nitrogens with zero attached hydrogens (tertiary/aromatic N) is 6. The number of sulfone groups is 1. The Morgan fingerprint density at radius 1 is 1.17 bits per heavy atom. The fraction of sp³-hybridized carbons (Fsp3) is 0.455. The number of rotatable bonds is 7. The summed E-state index contributed by atoms with van der Waals surface area (Å²) in [7, 11) is -3.50. The number of halogens is 1. The van der Waals surface area contributed by atoms with Gasteiger partial charge in [0.25, 0.3) is 23.5 Å². The standard InChI is InChI=1S/C22H25FN6O6S/c1-12(2)19-27-18(28-35-19)22(30)29-9-7-14(8-10-29)33-20-17(23)21(25-11-24-20)34-15-5-6-16(26-13(15)3)36(4,31)32/h5-6,11-12,14H,7-10H2,1-4H3. The molecule has 4 rings (SSSR count). The summed E-state index contributed by atoms with van der Waals surface area (Å²) < 4.78 is 54.7. The van der Waals surface area contributed by atoms with E-state index in [0.717, 1.165) is 12.6 Å². The van der Waals surface area contributed by atoms with Crippen LogP contribution in [0, 0.1) is 12.7 Å². The zero-order valence-corrected chi connectivity index (χ0v) is 21.0. The van der Waals surface area contributed by atoms with Gasteiger partial charge in [-0.15, -0.1) is 0 Å². The minimum Gasteiger partial charge on any atom is -0.472 e. The average Bonchev–Trinajstić information content (AvgIpc) is 3.33. The van der Waals surface area contributed by atoms with Crippen molar-refractivity contribution in [2.45, 2.75) is 50.7 Å². The Balaban J connectivity index is 1.39. The van der Waals surface area contributed by atoms with Crippen LogP contribution in [0.3, 0.4) is 0 Å². The number of ether oxygens (including phenoxy) is 2. The monoisotopic (exact) mass is 520 g/mol. The SMILES string of the molecule is Cc1nc(S(C)(=O)=O)ccc1Oc1ncnc(OC2CCN(C(=O)c3noc(C(C)C)n3)CC2)c1F. The molecule has 12 nitrogen and oxygen atoms in total. The van der Waals surface area contributed by atoms with Crippen molar-refractivity contribution in [3.05, 3.63) is 41.7 Å². The molecule has 3 aromatic rings. The summed E-state index contributed by atoms with van der Waals surface area (Å²) in [6.45, 7) is 6.04. The number of carbonyl (C=O) groups excluding carboxylic acids is 1. The first kappa shape index (κ1) is 25.4. The summed E-state index contributed by atoms with van der Waals surface area (Å²) in [6.07, 6.45) is 2.63. The van der Waals surface area contributed by atoms with E-state index in [-0.39, 0.29) is 52.0 Å². The van der Waals surface area contributed by atoms with Gasteiger partial charge in [-0.05, 0) is 19.1 Å². The summed E-state index contributed by atoms with van der Waals surface area (Å²) >= 11 is 0. The fourth-order valence-corrected chi connectivity index (χ4v) is 4.09. The van der Waals surface area contributed by atoms with Crippen LogP contribution in [0.25, 0.3) is 0 Å². The van der Waals surface area contributed by atoms with E-state index in [1.807, 2.05) is 13.8 Å². The van der Waals surface area contributed by atoms with Gasteiger partial charge in [-0.3, -0.25) is 4.79 Å². The van der Waals surface area contributed by atoms with Gasteiger partial charge < -0.3 is 18.9 Å². The maximum atomic E-state index is 15.0. The molecule has 4 heterocycles. The van der Waals surface area contributed by atoms with Gasteiger partial charge in [0.15, 0.2) is 20.6 Å². The molecule has 14 heteroatoms. The molecule has 0 atom stereocenters. The normalized spacial score (nSPS) is 14.8. The Kier molecular flexibility index (Phi) is 7.15. The lowest BCUT2D eigenvalue weighted by Gasteiger charge is -2.31. The molecular formula is C22H25FN6O6S. The van der Waals surface area contributed by atoms with Crippen LogP contribution >= 0.6 is 0 Å². The summed E-state index contributed by atoms with van der Waals surface area (Å²) in [5.74, 6) is -1.36. The Morgan fingerprint density at radius 3 is 2.47 bits per heavy atom. The molecule has 1 fully saturated rings. The molecule has 0 aromatic carbocycles. The second kappa shape index (κ2) is 10.1. The smallest absolute Gasteiger partial charge is 0.295 e. The van der Waals surface area contributed by atoms with Gasteiger partial charge in [-0.2, -0.15) is 19.3 Å². The van der Waals surface area contributed by atoms with Crippen LogP contribution in [0.15, 0.2) is 28.0 Å². The van der Waals surface area contributed by atoms with E-state index in [0.29, 0.717) is 31.8 Å². The van der Waals surface area contributed by atoms with Crippen LogP contribution in [0.5, 0.6) is 17.5 Å². The highest BCUT2D eigenvalue weighted by molar-refractivity contribution is 7.90. The number of aryl methyl sites for hydroxylation is 1.